The van der Waals surface area contributed by atoms with Crippen molar-refractivity contribution in [3.8, 4) is 11.1 Å². The molecule has 0 unspecified atom stereocenters. The SMILES string of the molecule is Fc1ccc(Nc2ncnc3[se]cc(-c4ccccc4)c23)cc1Cl. The van der Waals surface area contributed by atoms with Gasteiger partial charge in [-0.1, -0.05) is 0 Å². The summed E-state index contributed by atoms with van der Waals surface area (Å²) >= 11 is 6.03. The van der Waals surface area contributed by atoms with E-state index in [9.17, 15) is 4.39 Å². The van der Waals surface area contributed by atoms with Crippen LogP contribution >= 0.6 is 11.6 Å². The maximum absolute atomic E-state index is 13.3. The average Bonchev–Trinajstić information content (AvgIpc) is 3.04. The van der Waals surface area contributed by atoms with Gasteiger partial charge in [-0.3, -0.25) is 0 Å². The Morgan fingerprint density at radius 2 is 1.88 bits per heavy atom. The third-order valence-electron chi connectivity index (χ3n) is 3.64. The number of hydrogen-bond donors (Lipinski definition) is 1. The average molecular weight is 403 g/mol. The Balaban J connectivity index is 1.83. The summed E-state index contributed by atoms with van der Waals surface area (Å²) in [7, 11) is 0. The van der Waals surface area contributed by atoms with Crippen LogP contribution < -0.4 is 5.32 Å². The second-order valence-corrected chi connectivity index (χ2v) is 7.38. The number of halogens is 2. The van der Waals surface area contributed by atoms with Gasteiger partial charge in [0.15, 0.2) is 0 Å². The van der Waals surface area contributed by atoms with E-state index in [1.165, 1.54) is 6.07 Å². The van der Waals surface area contributed by atoms with Crippen LogP contribution in [0, 0.1) is 5.82 Å². The van der Waals surface area contributed by atoms with Crippen LogP contribution in [-0.2, 0) is 0 Å². The van der Waals surface area contributed by atoms with Gasteiger partial charge in [-0.15, -0.1) is 0 Å². The number of aromatic nitrogens is 2. The van der Waals surface area contributed by atoms with Crippen molar-refractivity contribution >= 4 is 47.4 Å². The zero-order valence-electron chi connectivity index (χ0n) is 12.3. The standard InChI is InChI=1S/C18H11ClFN3Se/c19-14-8-12(6-7-15(14)20)23-17-16-13(11-4-2-1-3-5-11)9-24-18(16)22-10-21-17/h1-10H,(H,21,22,23). The van der Waals surface area contributed by atoms with Gasteiger partial charge in [0.05, 0.1) is 0 Å². The van der Waals surface area contributed by atoms with E-state index < -0.39 is 5.82 Å². The third-order valence-corrected chi connectivity index (χ3v) is 5.79. The molecule has 0 aliphatic rings. The quantitative estimate of drug-likeness (QED) is 0.496. The molecule has 4 rings (SSSR count). The molecule has 4 aromatic rings. The van der Waals surface area contributed by atoms with E-state index in [4.69, 9.17) is 11.6 Å². The van der Waals surface area contributed by atoms with E-state index >= 15 is 0 Å². The zero-order chi connectivity index (χ0) is 16.5. The Bertz CT molecular complexity index is 1020. The first-order valence-electron chi connectivity index (χ1n) is 7.22. The predicted molar refractivity (Wildman–Crippen MR) is 96.6 cm³/mol. The van der Waals surface area contributed by atoms with E-state index in [1.54, 1.807) is 18.5 Å². The summed E-state index contributed by atoms with van der Waals surface area (Å²) in [5, 5.41) is 4.32. The van der Waals surface area contributed by atoms with E-state index in [0.717, 1.165) is 20.9 Å². The van der Waals surface area contributed by atoms with Crippen molar-refractivity contribution in [1.82, 2.24) is 9.97 Å². The molecule has 1 N–H and O–H groups in total. The van der Waals surface area contributed by atoms with Crippen LogP contribution in [0.2, 0.25) is 5.02 Å². The number of rotatable bonds is 3. The molecule has 3 nitrogen and oxygen atoms in total. The predicted octanol–water partition coefficient (Wildman–Crippen LogP) is 4.89. The van der Waals surface area contributed by atoms with Crippen molar-refractivity contribution in [3.05, 3.63) is 70.6 Å². The van der Waals surface area contributed by atoms with E-state index in [-0.39, 0.29) is 19.5 Å². The third kappa shape index (κ3) is 2.82. The second kappa shape index (κ2) is 6.36. The molecule has 0 atom stereocenters. The van der Waals surface area contributed by atoms with Gasteiger partial charge >= 0.3 is 149 Å². The Morgan fingerprint density at radius 3 is 2.67 bits per heavy atom. The first kappa shape index (κ1) is 15.3. The molecule has 0 saturated heterocycles. The molecule has 0 saturated carbocycles. The number of anilines is 2. The summed E-state index contributed by atoms with van der Waals surface area (Å²) in [6, 6.07) is 14.7. The molecule has 118 valence electrons. The molecule has 2 aromatic heterocycles. The van der Waals surface area contributed by atoms with Crippen molar-refractivity contribution in [2.45, 2.75) is 0 Å². The Morgan fingerprint density at radius 1 is 1.04 bits per heavy atom. The van der Waals surface area contributed by atoms with Gasteiger partial charge in [-0.25, -0.2) is 0 Å². The van der Waals surface area contributed by atoms with Crippen molar-refractivity contribution in [2.75, 3.05) is 5.32 Å². The minimum absolute atomic E-state index is 0.0775. The van der Waals surface area contributed by atoms with E-state index in [2.05, 4.69) is 32.4 Å². The summed E-state index contributed by atoms with van der Waals surface area (Å²) in [6.07, 6.45) is 1.55. The second-order valence-electron chi connectivity index (χ2n) is 5.17. The van der Waals surface area contributed by atoms with Gasteiger partial charge in [0.1, 0.15) is 0 Å². The monoisotopic (exact) mass is 403 g/mol. The molecule has 0 aliphatic carbocycles. The molecule has 0 aliphatic heterocycles. The molecule has 0 spiro atoms. The molecule has 2 heterocycles. The Hall–Kier alpha value is -2.20. The molecular weight excluding hydrogens is 392 g/mol. The first-order chi connectivity index (χ1) is 11.7. The van der Waals surface area contributed by atoms with Crippen molar-refractivity contribution in [2.24, 2.45) is 0 Å². The first-order valence-corrected chi connectivity index (χ1v) is 9.44. The fraction of sp³-hybridized carbons (Fsp3) is 0. The summed E-state index contributed by atoms with van der Waals surface area (Å²) in [4.78, 5) is 11.0. The Kier molecular flexibility index (Phi) is 4.07. The molecule has 6 heteroatoms. The van der Waals surface area contributed by atoms with Gasteiger partial charge < -0.3 is 0 Å². The number of hydrogen-bond acceptors (Lipinski definition) is 3. The van der Waals surface area contributed by atoms with E-state index in [0.29, 0.717) is 11.5 Å². The van der Waals surface area contributed by atoms with Crippen LogP contribution in [0.15, 0.2) is 59.8 Å². The fourth-order valence-electron chi connectivity index (χ4n) is 2.51. The van der Waals surface area contributed by atoms with Gasteiger partial charge in [-0.2, -0.15) is 0 Å². The number of nitrogens with one attached hydrogen (secondary N) is 1. The van der Waals surface area contributed by atoms with Crippen LogP contribution in [0.4, 0.5) is 15.9 Å². The van der Waals surface area contributed by atoms with Crippen LogP contribution in [0.3, 0.4) is 0 Å². The van der Waals surface area contributed by atoms with Crippen molar-refractivity contribution in [3.63, 3.8) is 0 Å². The zero-order valence-corrected chi connectivity index (χ0v) is 14.8. The molecule has 2 aromatic carbocycles. The van der Waals surface area contributed by atoms with Crippen LogP contribution in [-0.4, -0.2) is 24.5 Å². The number of nitrogens with zero attached hydrogens (tertiary/aromatic N) is 2. The minimum atomic E-state index is -0.441. The van der Waals surface area contributed by atoms with E-state index in [1.807, 2.05) is 18.2 Å². The molecule has 0 amide bonds. The molecular formula is C18H11ClFN3Se. The van der Waals surface area contributed by atoms with Gasteiger partial charge in [0.2, 0.25) is 0 Å². The maximum atomic E-state index is 13.3. The summed E-state index contributed by atoms with van der Waals surface area (Å²) in [5.41, 5.74) is 2.95. The van der Waals surface area contributed by atoms with Crippen molar-refractivity contribution < 1.29 is 4.39 Å². The van der Waals surface area contributed by atoms with Crippen molar-refractivity contribution in [1.29, 1.82) is 0 Å². The summed E-state index contributed by atoms with van der Waals surface area (Å²) in [5.74, 6) is 0.264. The molecule has 0 fully saturated rings. The fourth-order valence-corrected chi connectivity index (χ4v) is 4.61. The van der Waals surface area contributed by atoms with Crippen LogP contribution in [0.5, 0.6) is 0 Å². The summed E-state index contributed by atoms with van der Waals surface area (Å²) in [6.45, 7) is 0. The van der Waals surface area contributed by atoms with Crippen LogP contribution in [0.1, 0.15) is 0 Å². The molecule has 0 radical (unpaired) electrons. The van der Waals surface area contributed by atoms with Gasteiger partial charge in [-0.05, 0) is 0 Å². The Labute approximate surface area is 148 Å². The topological polar surface area (TPSA) is 37.8 Å². The van der Waals surface area contributed by atoms with Gasteiger partial charge in [0.25, 0.3) is 0 Å². The number of fused-ring (bicyclic) bond motifs is 1. The van der Waals surface area contributed by atoms with Crippen LogP contribution in [0.25, 0.3) is 20.9 Å². The molecule has 24 heavy (non-hydrogen) atoms. The normalized spacial score (nSPS) is 10.9. The molecule has 0 bridgehead atoms. The summed E-state index contributed by atoms with van der Waals surface area (Å²) < 4.78 is 14.4. The van der Waals surface area contributed by atoms with Gasteiger partial charge in [0, 0.05) is 0 Å². The number of benzene rings is 2.